The average Bonchev–Trinajstić information content (AvgIpc) is 3.07. The maximum absolute atomic E-state index is 12.9. The number of amides is 1. The van der Waals surface area contributed by atoms with Gasteiger partial charge in [-0.2, -0.15) is 0 Å². The highest BCUT2D eigenvalue weighted by Gasteiger charge is 2.27. The van der Waals surface area contributed by atoms with Gasteiger partial charge in [0.25, 0.3) is 0 Å². The number of carbonyl (C=O) groups excluding carboxylic acids is 1. The molecule has 0 bridgehead atoms. The van der Waals surface area contributed by atoms with Crippen molar-refractivity contribution < 1.29 is 4.79 Å². The first-order valence-corrected chi connectivity index (χ1v) is 10.6. The van der Waals surface area contributed by atoms with Gasteiger partial charge in [0, 0.05) is 18.8 Å². The lowest BCUT2D eigenvalue weighted by Crippen LogP contribution is -2.40. The van der Waals surface area contributed by atoms with Gasteiger partial charge < -0.3 is 9.88 Å². The molecule has 152 valence electrons. The molecule has 0 radical (unpaired) electrons. The van der Waals surface area contributed by atoms with Crippen LogP contribution in [0.3, 0.4) is 0 Å². The maximum atomic E-state index is 12.9. The molecule has 5 heteroatoms. The first-order valence-electron chi connectivity index (χ1n) is 10.6. The van der Waals surface area contributed by atoms with Gasteiger partial charge in [-0.15, -0.1) is 0 Å². The number of imidazole rings is 1. The minimum atomic E-state index is 0.0175. The zero-order chi connectivity index (χ0) is 20.4. The fraction of sp³-hybridized carbons (Fsp3) is 0.417. The lowest BCUT2D eigenvalue weighted by atomic mass is 9.96. The first-order chi connectivity index (χ1) is 14.0. The lowest BCUT2D eigenvalue weighted by Gasteiger charge is -2.32. The summed E-state index contributed by atoms with van der Waals surface area (Å²) in [6.07, 6.45) is 1.98. The van der Waals surface area contributed by atoms with Crippen LogP contribution in [-0.4, -0.2) is 33.4 Å². The second kappa shape index (κ2) is 8.37. The first kappa shape index (κ1) is 19.6. The smallest absolute Gasteiger partial charge is 0.228 e. The van der Waals surface area contributed by atoms with Crippen molar-refractivity contribution in [1.82, 2.24) is 14.5 Å². The third-order valence-corrected chi connectivity index (χ3v) is 5.93. The monoisotopic (exact) mass is 390 g/mol. The zero-order valence-electron chi connectivity index (χ0n) is 17.6. The lowest BCUT2D eigenvalue weighted by molar-refractivity contribution is -0.121. The van der Waals surface area contributed by atoms with Gasteiger partial charge in [-0.25, -0.2) is 4.98 Å². The molecule has 1 aromatic heterocycles. The van der Waals surface area contributed by atoms with E-state index in [0.717, 1.165) is 61.6 Å². The zero-order valence-corrected chi connectivity index (χ0v) is 17.6. The molecule has 1 atom stereocenters. The summed E-state index contributed by atoms with van der Waals surface area (Å²) in [5.74, 6) is 1.23. The number of hydrogen-bond donors (Lipinski definition) is 1. The van der Waals surface area contributed by atoms with Crippen molar-refractivity contribution in [3.8, 4) is 0 Å². The third kappa shape index (κ3) is 4.20. The molecule has 1 saturated heterocycles. The molecule has 1 aliphatic rings. The number of para-hydroxylation sites is 2. The summed E-state index contributed by atoms with van der Waals surface area (Å²) < 4.78 is 2.29. The summed E-state index contributed by atoms with van der Waals surface area (Å²) in [5.41, 5.74) is 5.48. The van der Waals surface area contributed by atoms with Crippen LogP contribution in [0.25, 0.3) is 11.0 Å². The molecule has 2 heterocycles. The molecule has 1 N–H and O–H groups in total. The standard InChI is InChI=1S/C24H30N4O/c1-4-28-22-10-6-5-9-21(22)25-23(28)16-27-13-7-8-19(15-27)24(29)26-20-12-11-17(2)14-18(20)3/h5-6,9-12,14,19H,4,7-8,13,15-16H2,1-3H3,(H,26,29)/t19-/m0/s1. The summed E-state index contributed by atoms with van der Waals surface area (Å²) >= 11 is 0. The van der Waals surface area contributed by atoms with Crippen LogP contribution in [0.5, 0.6) is 0 Å². The molecule has 0 spiro atoms. The second-order valence-electron chi connectivity index (χ2n) is 8.14. The second-order valence-corrected chi connectivity index (χ2v) is 8.14. The Balaban J connectivity index is 1.45. The van der Waals surface area contributed by atoms with Crippen molar-refractivity contribution in [3.63, 3.8) is 0 Å². The van der Waals surface area contributed by atoms with E-state index in [0.29, 0.717) is 0 Å². The Morgan fingerprint density at radius 3 is 2.83 bits per heavy atom. The molecule has 1 aliphatic heterocycles. The highest BCUT2D eigenvalue weighted by Crippen LogP contribution is 2.23. The summed E-state index contributed by atoms with van der Waals surface area (Å²) in [6, 6.07) is 14.5. The summed E-state index contributed by atoms with van der Waals surface area (Å²) in [7, 11) is 0. The number of aryl methyl sites for hydroxylation is 3. The minimum Gasteiger partial charge on any atom is -0.327 e. The Hall–Kier alpha value is -2.66. The largest absolute Gasteiger partial charge is 0.327 e. The van der Waals surface area contributed by atoms with Crippen LogP contribution in [0.15, 0.2) is 42.5 Å². The SMILES string of the molecule is CCn1c(CN2CCC[C@H](C(=O)Nc3ccc(C)cc3C)C2)nc2ccccc21. The number of carbonyl (C=O) groups is 1. The number of piperidine rings is 1. The van der Waals surface area contributed by atoms with Crippen molar-refractivity contribution in [2.45, 2.75) is 46.7 Å². The summed E-state index contributed by atoms with van der Waals surface area (Å²) in [5, 5.41) is 3.15. The molecule has 0 unspecified atom stereocenters. The number of anilines is 1. The van der Waals surface area contributed by atoms with E-state index in [-0.39, 0.29) is 11.8 Å². The molecule has 29 heavy (non-hydrogen) atoms. The number of nitrogens with one attached hydrogen (secondary N) is 1. The van der Waals surface area contributed by atoms with Crippen LogP contribution in [0.1, 0.15) is 36.7 Å². The highest BCUT2D eigenvalue weighted by molar-refractivity contribution is 5.93. The van der Waals surface area contributed by atoms with E-state index in [1.165, 1.54) is 11.1 Å². The average molecular weight is 391 g/mol. The number of fused-ring (bicyclic) bond motifs is 1. The van der Waals surface area contributed by atoms with Crippen molar-refractivity contribution in [2.24, 2.45) is 5.92 Å². The number of nitrogens with zero attached hydrogens (tertiary/aromatic N) is 3. The van der Waals surface area contributed by atoms with E-state index in [1.54, 1.807) is 0 Å². The van der Waals surface area contributed by atoms with E-state index in [9.17, 15) is 4.79 Å². The van der Waals surface area contributed by atoms with E-state index < -0.39 is 0 Å². The molecule has 0 saturated carbocycles. The number of benzene rings is 2. The molecule has 2 aromatic carbocycles. The molecule has 5 nitrogen and oxygen atoms in total. The van der Waals surface area contributed by atoms with Gasteiger partial charge in [-0.05, 0) is 63.9 Å². The van der Waals surface area contributed by atoms with Gasteiger partial charge in [0.2, 0.25) is 5.91 Å². The van der Waals surface area contributed by atoms with Crippen molar-refractivity contribution in [2.75, 3.05) is 18.4 Å². The molecule has 4 rings (SSSR count). The quantitative estimate of drug-likeness (QED) is 0.697. The fourth-order valence-electron chi connectivity index (χ4n) is 4.40. The highest BCUT2D eigenvalue weighted by atomic mass is 16.1. The van der Waals surface area contributed by atoms with Crippen molar-refractivity contribution in [3.05, 3.63) is 59.4 Å². The van der Waals surface area contributed by atoms with Crippen LogP contribution < -0.4 is 5.32 Å². The summed E-state index contributed by atoms with van der Waals surface area (Å²) in [4.78, 5) is 20.1. The van der Waals surface area contributed by atoms with Crippen LogP contribution >= 0.6 is 0 Å². The summed E-state index contributed by atoms with van der Waals surface area (Å²) in [6.45, 7) is 9.76. The van der Waals surface area contributed by atoms with Crippen LogP contribution in [0.4, 0.5) is 5.69 Å². The third-order valence-electron chi connectivity index (χ3n) is 5.93. The Bertz CT molecular complexity index is 1020. The van der Waals surface area contributed by atoms with Crippen LogP contribution in [0.2, 0.25) is 0 Å². The maximum Gasteiger partial charge on any atom is 0.228 e. The number of likely N-dealkylation sites (tertiary alicyclic amines) is 1. The normalized spacial score (nSPS) is 17.6. The van der Waals surface area contributed by atoms with Gasteiger partial charge in [0.15, 0.2) is 0 Å². The predicted molar refractivity (Wildman–Crippen MR) is 118 cm³/mol. The molecule has 1 amide bonds. The fourth-order valence-corrected chi connectivity index (χ4v) is 4.40. The van der Waals surface area contributed by atoms with Gasteiger partial charge in [0.1, 0.15) is 5.82 Å². The number of hydrogen-bond acceptors (Lipinski definition) is 3. The van der Waals surface area contributed by atoms with Crippen LogP contribution in [0, 0.1) is 19.8 Å². The van der Waals surface area contributed by atoms with Gasteiger partial charge in [-0.3, -0.25) is 9.69 Å². The van der Waals surface area contributed by atoms with Gasteiger partial charge in [0.05, 0.1) is 23.5 Å². The van der Waals surface area contributed by atoms with Crippen molar-refractivity contribution >= 4 is 22.6 Å². The molecule has 1 fully saturated rings. The van der Waals surface area contributed by atoms with Gasteiger partial charge in [-0.1, -0.05) is 29.8 Å². The predicted octanol–water partition coefficient (Wildman–Crippen LogP) is 4.52. The van der Waals surface area contributed by atoms with E-state index >= 15 is 0 Å². The number of rotatable bonds is 5. The molecule has 0 aliphatic carbocycles. The molecule has 3 aromatic rings. The molecular weight excluding hydrogens is 360 g/mol. The van der Waals surface area contributed by atoms with E-state index in [2.05, 4.69) is 52.9 Å². The Morgan fingerprint density at radius 1 is 1.21 bits per heavy atom. The Morgan fingerprint density at radius 2 is 2.03 bits per heavy atom. The minimum absolute atomic E-state index is 0.0175. The van der Waals surface area contributed by atoms with E-state index in [1.807, 2.05) is 25.1 Å². The van der Waals surface area contributed by atoms with Crippen molar-refractivity contribution in [1.29, 1.82) is 0 Å². The Labute approximate surface area is 172 Å². The molecular formula is C24H30N4O. The Kier molecular flexibility index (Phi) is 5.67. The van der Waals surface area contributed by atoms with Crippen LogP contribution in [-0.2, 0) is 17.9 Å². The number of aromatic nitrogens is 2. The van der Waals surface area contributed by atoms with Gasteiger partial charge >= 0.3 is 0 Å². The van der Waals surface area contributed by atoms with E-state index in [4.69, 9.17) is 4.98 Å². The topological polar surface area (TPSA) is 50.2 Å².